The van der Waals surface area contributed by atoms with E-state index in [1.54, 1.807) is 6.20 Å². The predicted octanol–water partition coefficient (Wildman–Crippen LogP) is -1.30. The third-order valence-electron chi connectivity index (χ3n) is 3.90. The maximum Gasteiger partial charge on any atom is 0.330 e. The minimum absolute atomic E-state index is 0.208. The Morgan fingerprint density at radius 2 is 1.63 bits per heavy atom. The standard InChI is InChI=1S/C15H18N4O3.C4H9NO3/c16-12(6-10-4-2-1-3-5-10)14(20)22-15(21)13(17)7-11-8-18-9-19-11;1-2(6)3(5)4(7)8/h1-5,8-9,12-13H,6-7,16-17H2,(H,18,19);2-3,6H,5H2,1H3,(H,7,8)/t12-,13-;2-,3+/m01/s1. The number of carbonyl (C=O) groups excluding carboxylic acids is 2. The third-order valence-corrected chi connectivity index (χ3v) is 3.90. The first-order valence-corrected chi connectivity index (χ1v) is 9.06. The molecule has 0 amide bonds. The minimum Gasteiger partial charge on any atom is -0.480 e. The molecule has 0 saturated carbocycles. The van der Waals surface area contributed by atoms with Gasteiger partial charge in [-0.25, -0.2) is 14.6 Å². The number of aliphatic hydroxyl groups is 1. The summed E-state index contributed by atoms with van der Waals surface area (Å²) in [6.45, 7) is 1.33. The van der Waals surface area contributed by atoms with E-state index in [2.05, 4.69) is 9.97 Å². The summed E-state index contributed by atoms with van der Waals surface area (Å²) in [5.74, 6) is -2.77. The number of carbonyl (C=O) groups is 3. The van der Waals surface area contributed by atoms with Gasteiger partial charge in [0.05, 0.1) is 12.4 Å². The van der Waals surface area contributed by atoms with Gasteiger partial charge in [0, 0.05) is 18.3 Å². The molecule has 0 bridgehead atoms. The van der Waals surface area contributed by atoms with E-state index in [0.29, 0.717) is 12.1 Å². The molecule has 30 heavy (non-hydrogen) atoms. The summed E-state index contributed by atoms with van der Waals surface area (Å²) < 4.78 is 4.73. The van der Waals surface area contributed by atoms with Crippen LogP contribution in [0.4, 0.5) is 0 Å². The van der Waals surface area contributed by atoms with Gasteiger partial charge in [-0.2, -0.15) is 0 Å². The van der Waals surface area contributed by atoms with Crippen molar-refractivity contribution in [1.82, 2.24) is 9.97 Å². The molecular formula is C19H27N5O6. The summed E-state index contributed by atoms with van der Waals surface area (Å²) in [7, 11) is 0. The number of imidazole rings is 1. The van der Waals surface area contributed by atoms with Crippen molar-refractivity contribution in [2.75, 3.05) is 0 Å². The van der Waals surface area contributed by atoms with Crippen LogP contribution in [-0.2, 0) is 32.0 Å². The largest absolute Gasteiger partial charge is 0.480 e. The molecule has 0 saturated heterocycles. The second kappa shape index (κ2) is 12.4. The van der Waals surface area contributed by atoms with Crippen LogP contribution >= 0.6 is 0 Å². The normalized spacial score (nSPS) is 14.4. The molecule has 2 aromatic rings. The summed E-state index contributed by atoms with van der Waals surface area (Å²) in [4.78, 5) is 40.1. The van der Waals surface area contributed by atoms with E-state index < -0.39 is 42.1 Å². The van der Waals surface area contributed by atoms with Crippen molar-refractivity contribution in [3.05, 3.63) is 54.1 Å². The Kier molecular flexibility index (Phi) is 10.3. The molecule has 1 aromatic carbocycles. The fraction of sp³-hybridized carbons (Fsp3) is 0.368. The van der Waals surface area contributed by atoms with E-state index >= 15 is 0 Å². The van der Waals surface area contributed by atoms with Crippen LogP contribution in [0.1, 0.15) is 18.2 Å². The van der Waals surface area contributed by atoms with Crippen molar-refractivity contribution in [2.24, 2.45) is 17.2 Å². The van der Waals surface area contributed by atoms with E-state index in [4.69, 9.17) is 32.2 Å². The van der Waals surface area contributed by atoms with Crippen LogP contribution < -0.4 is 17.2 Å². The Balaban J connectivity index is 0.000000479. The number of aliphatic hydroxyl groups excluding tert-OH is 1. The Bertz CT molecular complexity index is 797. The fourth-order valence-electron chi connectivity index (χ4n) is 2.12. The SMILES string of the molecule is C[C@@H](O)[C@H](N)C(=O)O.N[C@@H](Cc1ccccc1)C(=O)OC(=O)[C@@H](N)Cc1cnc[nH]1. The molecule has 0 aliphatic rings. The van der Waals surface area contributed by atoms with Crippen LogP contribution in [0.2, 0.25) is 0 Å². The van der Waals surface area contributed by atoms with Gasteiger partial charge < -0.3 is 37.1 Å². The number of rotatable bonds is 8. The van der Waals surface area contributed by atoms with Gasteiger partial charge in [-0.1, -0.05) is 30.3 Å². The van der Waals surface area contributed by atoms with Gasteiger partial charge in [-0.05, 0) is 18.9 Å². The van der Waals surface area contributed by atoms with Crippen molar-refractivity contribution in [1.29, 1.82) is 0 Å². The van der Waals surface area contributed by atoms with Gasteiger partial charge in [0.1, 0.15) is 18.1 Å². The number of nitrogens with one attached hydrogen (secondary N) is 1. The van der Waals surface area contributed by atoms with Gasteiger partial charge in [0.2, 0.25) is 0 Å². The number of aromatic amines is 1. The number of nitrogens with zero attached hydrogens (tertiary/aromatic N) is 1. The average molecular weight is 421 g/mol. The van der Waals surface area contributed by atoms with Gasteiger partial charge in [0.25, 0.3) is 0 Å². The highest BCUT2D eigenvalue weighted by molar-refractivity contribution is 5.90. The van der Waals surface area contributed by atoms with E-state index in [0.717, 1.165) is 5.56 Å². The van der Waals surface area contributed by atoms with Crippen LogP contribution in [0, 0.1) is 0 Å². The first-order valence-electron chi connectivity index (χ1n) is 9.06. The summed E-state index contributed by atoms with van der Waals surface area (Å²) in [6, 6.07) is 6.23. The Morgan fingerprint density at radius 1 is 1.07 bits per heavy atom. The molecule has 0 radical (unpaired) electrons. The molecule has 11 heteroatoms. The number of benzene rings is 1. The van der Waals surface area contributed by atoms with Crippen molar-refractivity contribution >= 4 is 17.9 Å². The molecule has 0 unspecified atom stereocenters. The molecule has 11 nitrogen and oxygen atoms in total. The average Bonchev–Trinajstić information content (AvgIpc) is 3.21. The highest BCUT2D eigenvalue weighted by atomic mass is 16.6. The van der Waals surface area contributed by atoms with Crippen molar-refractivity contribution < 1.29 is 29.3 Å². The molecule has 164 valence electrons. The highest BCUT2D eigenvalue weighted by Gasteiger charge is 2.24. The number of carboxylic acid groups (broad SMARTS) is 1. The smallest absolute Gasteiger partial charge is 0.330 e. The van der Waals surface area contributed by atoms with E-state index in [1.165, 1.54) is 13.3 Å². The summed E-state index contributed by atoms with van der Waals surface area (Å²) in [5, 5.41) is 16.6. The lowest BCUT2D eigenvalue weighted by atomic mass is 10.1. The zero-order chi connectivity index (χ0) is 22.7. The second-order valence-corrected chi connectivity index (χ2v) is 6.53. The lowest BCUT2D eigenvalue weighted by Gasteiger charge is -2.13. The van der Waals surface area contributed by atoms with Gasteiger partial charge >= 0.3 is 17.9 Å². The van der Waals surface area contributed by atoms with Gasteiger partial charge in [0.15, 0.2) is 0 Å². The van der Waals surface area contributed by atoms with Gasteiger partial charge in [-0.15, -0.1) is 0 Å². The number of esters is 2. The zero-order valence-electron chi connectivity index (χ0n) is 16.5. The number of aliphatic carboxylic acids is 1. The number of ether oxygens (including phenoxy) is 1. The van der Waals surface area contributed by atoms with E-state index in [-0.39, 0.29) is 6.42 Å². The minimum atomic E-state index is -1.18. The molecule has 0 fully saturated rings. The zero-order valence-corrected chi connectivity index (χ0v) is 16.5. The molecule has 1 heterocycles. The van der Waals surface area contributed by atoms with Crippen molar-refractivity contribution in [3.8, 4) is 0 Å². The summed E-state index contributed by atoms with van der Waals surface area (Å²) >= 11 is 0. The number of hydrogen-bond acceptors (Lipinski definition) is 9. The fourth-order valence-corrected chi connectivity index (χ4v) is 2.12. The molecule has 1 aromatic heterocycles. The third kappa shape index (κ3) is 8.92. The topological polar surface area (TPSA) is 208 Å². The maximum absolute atomic E-state index is 11.8. The first kappa shape index (κ1) is 24.9. The molecular weight excluding hydrogens is 394 g/mol. The number of hydrogen-bond donors (Lipinski definition) is 6. The van der Waals surface area contributed by atoms with Crippen LogP contribution in [0.25, 0.3) is 0 Å². The highest BCUT2D eigenvalue weighted by Crippen LogP contribution is 2.04. The van der Waals surface area contributed by atoms with Crippen molar-refractivity contribution in [3.63, 3.8) is 0 Å². The summed E-state index contributed by atoms with van der Waals surface area (Å²) in [6.07, 6.45) is 2.56. The maximum atomic E-state index is 11.8. The number of nitrogens with two attached hydrogens (primary N) is 3. The Hall–Kier alpha value is -3.12. The number of carboxylic acids is 1. The van der Waals surface area contributed by atoms with Crippen LogP contribution in [0.3, 0.4) is 0 Å². The first-order chi connectivity index (χ1) is 14.1. The predicted molar refractivity (Wildman–Crippen MR) is 107 cm³/mol. The molecule has 2 rings (SSSR count). The second-order valence-electron chi connectivity index (χ2n) is 6.53. The lowest BCUT2D eigenvalue weighted by molar-refractivity contribution is -0.161. The van der Waals surface area contributed by atoms with Gasteiger partial charge in [-0.3, -0.25) is 4.79 Å². The lowest BCUT2D eigenvalue weighted by Crippen LogP contribution is -2.41. The Morgan fingerprint density at radius 3 is 2.07 bits per heavy atom. The summed E-state index contributed by atoms with van der Waals surface area (Å²) in [5.41, 5.74) is 17.9. The molecule has 4 atom stereocenters. The number of aromatic nitrogens is 2. The van der Waals surface area contributed by atoms with E-state index in [9.17, 15) is 14.4 Å². The molecule has 0 aliphatic carbocycles. The van der Waals surface area contributed by atoms with E-state index in [1.807, 2.05) is 30.3 Å². The Labute approximate surface area is 173 Å². The quantitative estimate of drug-likeness (QED) is 0.219. The monoisotopic (exact) mass is 421 g/mol. The van der Waals surface area contributed by atoms with Crippen LogP contribution in [-0.4, -0.2) is 62.3 Å². The molecule has 9 N–H and O–H groups in total. The van der Waals surface area contributed by atoms with Crippen molar-refractivity contribution in [2.45, 2.75) is 44.0 Å². The van der Waals surface area contributed by atoms with Crippen LogP contribution in [0.15, 0.2) is 42.9 Å². The van der Waals surface area contributed by atoms with Crippen LogP contribution in [0.5, 0.6) is 0 Å². The molecule has 0 spiro atoms. The number of H-pyrrole nitrogens is 1. The molecule has 0 aliphatic heterocycles.